The molecule has 0 atom stereocenters. The van der Waals surface area contributed by atoms with Gasteiger partial charge < -0.3 is 9.47 Å². The summed E-state index contributed by atoms with van der Waals surface area (Å²) in [5.41, 5.74) is 0.773. The molecule has 0 aromatic heterocycles. The van der Waals surface area contributed by atoms with Crippen molar-refractivity contribution >= 4 is 11.9 Å². The van der Waals surface area contributed by atoms with Crippen LogP contribution >= 0.6 is 0 Å². The summed E-state index contributed by atoms with van der Waals surface area (Å²) in [5, 5.41) is 0. The number of ether oxygens (including phenoxy) is 2. The number of allylic oxidation sites excluding steroid dienone is 3. The molecule has 0 radical (unpaired) electrons. The summed E-state index contributed by atoms with van der Waals surface area (Å²) in [5.74, 6) is -0.903. The summed E-state index contributed by atoms with van der Waals surface area (Å²) in [6.07, 6.45) is 7.01. The molecule has 1 aliphatic carbocycles. The van der Waals surface area contributed by atoms with Crippen LogP contribution in [0.3, 0.4) is 0 Å². The van der Waals surface area contributed by atoms with Crippen LogP contribution in [0.1, 0.15) is 6.42 Å². The van der Waals surface area contributed by atoms with E-state index in [0.29, 0.717) is 17.6 Å². The van der Waals surface area contributed by atoms with Crippen molar-refractivity contribution in [3.63, 3.8) is 0 Å². The van der Waals surface area contributed by atoms with E-state index >= 15 is 0 Å². The van der Waals surface area contributed by atoms with Crippen LogP contribution in [-0.4, -0.2) is 26.2 Å². The molecule has 0 spiro atoms. The van der Waals surface area contributed by atoms with Crippen LogP contribution in [0.5, 0.6) is 0 Å². The van der Waals surface area contributed by atoms with Crippen LogP contribution in [0.15, 0.2) is 35.5 Å². The molecule has 0 N–H and O–H groups in total. The molecule has 0 saturated heterocycles. The standard InChI is InChI=1S/C11H12O4/c1-14-10(12)8-5-3-4-6-9(7-8)11(13)15-2/h3-5,7H,6H2,1-2H3. The first kappa shape index (κ1) is 11.2. The Morgan fingerprint density at radius 3 is 2.47 bits per heavy atom. The summed E-state index contributed by atoms with van der Waals surface area (Å²) < 4.78 is 9.16. The van der Waals surface area contributed by atoms with Crippen LogP contribution in [0.4, 0.5) is 0 Å². The van der Waals surface area contributed by atoms with E-state index in [4.69, 9.17) is 0 Å². The monoisotopic (exact) mass is 208 g/mol. The normalized spacial score (nSPS) is 14.8. The first-order valence-electron chi connectivity index (χ1n) is 4.43. The van der Waals surface area contributed by atoms with E-state index in [-0.39, 0.29) is 0 Å². The van der Waals surface area contributed by atoms with E-state index in [0.717, 1.165) is 0 Å². The molecule has 15 heavy (non-hydrogen) atoms. The lowest BCUT2D eigenvalue weighted by molar-refractivity contribution is -0.136. The molecule has 0 amide bonds. The molecule has 1 aliphatic rings. The third-order valence-electron chi connectivity index (χ3n) is 1.95. The molecular weight excluding hydrogens is 196 g/mol. The van der Waals surface area contributed by atoms with Crippen molar-refractivity contribution in [1.29, 1.82) is 0 Å². The van der Waals surface area contributed by atoms with Crippen molar-refractivity contribution in [1.82, 2.24) is 0 Å². The highest BCUT2D eigenvalue weighted by molar-refractivity contribution is 5.97. The number of methoxy groups -OCH3 is 2. The summed E-state index contributed by atoms with van der Waals surface area (Å²) >= 11 is 0. The molecule has 0 aromatic carbocycles. The van der Waals surface area contributed by atoms with Gasteiger partial charge in [-0.25, -0.2) is 9.59 Å². The van der Waals surface area contributed by atoms with Crippen LogP contribution in [0, 0.1) is 0 Å². The van der Waals surface area contributed by atoms with Gasteiger partial charge in [0.05, 0.1) is 19.8 Å². The van der Waals surface area contributed by atoms with E-state index in [1.54, 1.807) is 18.2 Å². The van der Waals surface area contributed by atoms with Crippen LogP contribution in [0.25, 0.3) is 0 Å². The molecule has 4 heteroatoms. The zero-order valence-electron chi connectivity index (χ0n) is 8.65. The van der Waals surface area contributed by atoms with E-state index in [2.05, 4.69) is 9.47 Å². The molecule has 80 valence electrons. The van der Waals surface area contributed by atoms with Crippen molar-refractivity contribution in [3.8, 4) is 0 Å². The minimum absolute atomic E-state index is 0.339. The van der Waals surface area contributed by atoms with Gasteiger partial charge in [0.15, 0.2) is 0 Å². The predicted octanol–water partition coefficient (Wildman–Crippen LogP) is 1.15. The fourth-order valence-electron chi connectivity index (χ4n) is 1.18. The SMILES string of the molecule is COC(=O)C1=CC=CCC(C(=O)OC)=C1. The second-order valence-corrected chi connectivity index (χ2v) is 2.91. The average molecular weight is 208 g/mol. The number of hydrogen-bond acceptors (Lipinski definition) is 4. The lowest BCUT2D eigenvalue weighted by Crippen LogP contribution is -2.07. The average Bonchev–Trinajstić information content (AvgIpc) is 2.52. The van der Waals surface area contributed by atoms with Gasteiger partial charge in [-0.15, -0.1) is 0 Å². The predicted molar refractivity (Wildman–Crippen MR) is 54.0 cm³/mol. The Bertz CT molecular complexity index is 361. The van der Waals surface area contributed by atoms with Gasteiger partial charge in [-0.1, -0.05) is 12.2 Å². The second kappa shape index (κ2) is 5.14. The van der Waals surface area contributed by atoms with Gasteiger partial charge in [0.1, 0.15) is 0 Å². The van der Waals surface area contributed by atoms with Crippen LogP contribution in [0.2, 0.25) is 0 Å². The molecule has 0 aromatic rings. The lowest BCUT2D eigenvalue weighted by Gasteiger charge is -2.02. The van der Waals surface area contributed by atoms with Crippen molar-refractivity contribution in [3.05, 3.63) is 35.5 Å². The zero-order valence-corrected chi connectivity index (χ0v) is 8.65. The lowest BCUT2D eigenvalue weighted by atomic mass is 10.1. The Kier molecular flexibility index (Phi) is 3.85. The number of hydrogen-bond donors (Lipinski definition) is 0. The first-order valence-corrected chi connectivity index (χ1v) is 4.43. The maximum atomic E-state index is 11.3. The zero-order chi connectivity index (χ0) is 11.3. The topological polar surface area (TPSA) is 52.6 Å². The highest BCUT2D eigenvalue weighted by atomic mass is 16.5. The van der Waals surface area contributed by atoms with Gasteiger partial charge in [-0.3, -0.25) is 0 Å². The smallest absolute Gasteiger partial charge is 0.337 e. The van der Waals surface area contributed by atoms with E-state index in [9.17, 15) is 9.59 Å². The summed E-state index contributed by atoms with van der Waals surface area (Å²) in [7, 11) is 2.60. The molecule has 0 unspecified atom stereocenters. The largest absolute Gasteiger partial charge is 0.466 e. The minimum atomic E-state index is -0.469. The molecule has 1 rings (SSSR count). The molecule has 0 heterocycles. The molecule has 4 nitrogen and oxygen atoms in total. The molecule has 0 bridgehead atoms. The summed E-state index contributed by atoms with van der Waals surface area (Å²) in [4.78, 5) is 22.5. The van der Waals surface area contributed by atoms with Crippen molar-refractivity contribution in [2.24, 2.45) is 0 Å². The van der Waals surface area contributed by atoms with Gasteiger partial charge in [-0.05, 0) is 18.6 Å². The third kappa shape index (κ3) is 2.80. The van der Waals surface area contributed by atoms with Gasteiger partial charge >= 0.3 is 11.9 Å². The van der Waals surface area contributed by atoms with Gasteiger partial charge in [0, 0.05) is 5.57 Å². The van der Waals surface area contributed by atoms with E-state index in [1.165, 1.54) is 20.3 Å². The van der Waals surface area contributed by atoms with Gasteiger partial charge in [0.25, 0.3) is 0 Å². The number of carbonyl (C=O) groups is 2. The van der Waals surface area contributed by atoms with Gasteiger partial charge in [0.2, 0.25) is 0 Å². The summed E-state index contributed by atoms with van der Waals surface area (Å²) in [6.45, 7) is 0. The second-order valence-electron chi connectivity index (χ2n) is 2.91. The van der Waals surface area contributed by atoms with Crippen LogP contribution in [-0.2, 0) is 19.1 Å². The maximum Gasteiger partial charge on any atom is 0.337 e. The van der Waals surface area contributed by atoms with Crippen molar-refractivity contribution in [2.75, 3.05) is 14.2 Å². The highest BCUT2D eigenvalue weighted by Gasteiger charge is 2.14. The van der Waals surface area contributed by atoms with E-state index < -0.39 is 11.9 Å². The third-order valence-corrected chi connectivity index (χ3v) is 1.95. The number of rotatable bonds is 2. The maximum absolute atomic E-state index is 11.3. The Balaban J connectivity index is 2.97. The van der Waals surface area contributed by atoms with Crippen molar-refractivity contribution < 1.29 is 19.1 Å². The van der Waals surface area contributed by atoms with E-state index in [1.807, 2.05) is 0 Å². The quantitative estimate of drug-likeness (QED) is 0.639. The Morgan fingerprint density at radius 2 is 1.87 bits per heavy atom. The molecule has 0 saturated carbocycles. The summed E-state index contributed by atoms with van der Waals surface area (Å²) in [6, 6.07) is 0. The number of esters is 2. The fraction of sp³-hybridized carbons (Fsp3) is 0.273. The Morgan fingerprint density at radius 1 is 1.20 bits per heavy atom. The Labute approximate surface area is 87.9 Å². The molecular formula is C11H12O4. The molecule has 0 aliphatic heterocycles. The fourth-order valence-corrected chi connectivity index (χ4v) is 1.18. The molecule has 0 fully saturated rings. The van der Waals surface area contributed by atoms with Crippen LogP contribution < -0.4 is 0 Å². The number of carbonyl (C=O) groups excluding carboxylic acids is 2. The minimum Gasteiger partial charge on any atom is -0.466 e. The highest BCUT2D eigenvalue weighted by Crippen LogP contribution is 2.14. The van der Waals surface area contributed by atoms with Gasteiger partial charge in [-0.2, -0.15) is 0 Å². The Hall–Kier alpha value is -1.84. The first-order chi connectivity index (χ1) is 7.19. The van der Waals surface area contributed by atoms with Crippen molar-refractivity contribution in [2.45, 2.75) is 6.42 Å².